The highest BCUT2D eigenvalue weighted by Crippen LogP contribution is 2.22. The number of rotatable bonds is 2. The van der Waals surface area contributed by atoms with Crippen molar-refractivity contribution < 1.29 is 18.7 Å². The molecule has 2 rings (SSSR count). The number of ether oxygens (including phenoxy) is 1. The van der Waals surface area contributed by atoms with E-state index in [4.69, 9.17) is 16.3 Å². The molecule has 20 heavy (non-hydrogen) atoms. The summed E-state index contributed by atoms with van der Waals surface area (Å²) in [6.07, 6.45) is 1.38. The molecular weight excluding hydrogens is 285 g/mol. The summed E-state index contributed by atoms with van der Waals surface area (Å²) < 4.78 is 18.4. The Balaban J connectivity index is 2.14. The van der Waals surface area contributed by atoms with Crippen LogP contribution in [0.2, 0.25) is 5.02 Å². The van der Waals surface area contributed by atoms with Crippen LogP contribution in [0.3, 0.4) is 0 Å². The number of esters is 1. The van der Waals surface area contributed by atoms with Crippen LogP contribution in [0.1, 0.15) is 23.2 Å². The highest BCUT2D eigenvalue weighted by atomic mass is 35.5. The summed E-state index contributed by atoms with van der Waals surface area (Å²) >= 11 is 5.66. The molecule has 0 saturated carbocycles. The first kappa shape index (κ1) is 14.8. The summed E-state index contributed by atoms with van der Waals surface area (Å²) in [7, 11) is 1.32. The van der Waals surface area contributed by atoms with Crippen LogP contribution < -0.4 is 0 Å². The molecule has 6 heteroatoms. The number of hydrogen-bond donors (Lipinski definition) is 0. The number of halogens is 2. The lowest BCUT2D eigenvalue weighted by molar-refractivity contribution is -0.146. The largest absolute Gasteiger partial charge is 0.469 e. The first-order chi connectivity index (χ1) is 9.52. The van der Waals surface area contributed by atoms with Crippen molar-refractivity contribution in [3.8, 4) is 0 Å². The lowest BCUT2D eigenvalue weighted by atomic mass is 9.97. The van der Waals surface area contributed by atoms with Gasteiger partial charge in [-0.2, -0.15) is 0 Å². The van der Waals surface area contributed by atoms with Crippen LogP contribution in [0.5, 0.6) is 0 Å². The van der Waals surface area contributed by atoms with Gasteiger partial charge in [-0.1, -0.05) is 11.6 Å². The maximum atomic E-state index is 13.8. The highest BCUT2D eigenvalue weighted by Gasteiger charge is 2.30. The van der Waals surface area contributed by atoms with Crippen molar-refractivity contribution >= 4 is 23.5 Å². The predicted octanol–water partition coefficient (Wildman–Crippen LogP) is 2.50. The lowest BCUT2D eigenvalue weighted by Crippen LogP contribution is -2.42. The molecule has 1 fully saturated rings. The fraction of sp³-hybridized carbons (Fsp3) is 0.429. The minimum Gasteiger partial charge on any atom is -0.469 e. The molecule has 1 heterocycles. The summed E-state index contributed by atoms with van der Waals surface area (Å²) in [5.74, 6) is -1.75. The van der Waals surface area contributed by atoms with Gasteiger partial charge in [0.2, 0.25) is 0 Å². The maximum Gasteiger partial charge on any atom is 0.310 e. The van der Waals surface area contributed by atoms with Gasteiger partial charge >= 0.3 is 5.97 Å². The third-order valence-corrected chi connectivity index (χ3v) is 3.64. The zero-order valence-corrected chi connectivity index (χ0v) is 11.8. The molecule has 0 unspecified atom stereocenters. The number of benzene rings is 1. The van der Waals surface area contributed by atoms with E-state index in [1.54, 1.807) is 0 Å². The summed E-state index contributed by atoms with van der Waals surface area (Å²) in [6.45, 7) is 0.766. The molecule has 0 radical (unpaired) electrons. The van der Waals surface area contributed by atoms with E-state index in [1.807, 2.05) is 0 Å². The monoisotopic (exact) mass is 299 g/mol. The van der Waals surface area contributed by atoms with Crippen molar-refractivity contribution in [2.24, 2.45) is 5.92 Å². The fourth-order valence-electron chi connectivity index (χ4n) is 2.35. The second kappa shape index (κ2) is 6.22. The van der Waals surface area contributed by atoms with Gasteiger partial charge < -0.3 is 9.64 Å². The van der Waals surface area contributed by atoms with E-state index >= 15 is 0 Å². The van der Waals surface area contributed by atoms with Gasteiger partial charge in [-0.25, -0.2) is 4.39 Å². The number of methoxy groups -OCH3 is 1. The molecule has 1 amide bonds. The molecule has 0 aliphatic carbocycles. The standard InChI is InChI=1S/C14H15ClFNO3/c1-20-14(19)9-3-2-6-17(8-9)13(18)11-5-4-10(15)7-12(11)16/h4-5,7,9H,2-3,6,8H2,1H3/t9-/m0/s1. The molecule has 1 aromatic rings. The molecule has 1 saturated heterocycles. The quantitative estimate of drug-likeness (QED) is 0.788. The Labute approximate surface area is 121 Å². The second-order valence-corrected chi connectivity index (χ2v) is 5.17. The zero-order valence-electron chi connectivity index (χ0n) is 11.1. The van der Waals surface area contributed by atoms with Crippen molar-refractivity contribution in [2.45, 2.75) is 12.8 Å². The van der Waals surface area contributed by atoms with E-state index in [0.29, 0.717) is 19.4 Å². The summed E-state index contributed by atoms with van der Waals surface area (Å²) in [5, 5.41) is 0.241. The van der Waals surface area contributed by atoms with Gasteiger partial charge in [-0.05, 0) is 31.0 Å². The number of likely N-dealkylation sites (tertiary alicyclic amines) is 1. The minimum atomic E-state index is -0.650. The fourth-order valence-corrected chi connectivity index (χ4v) is 2.51. The minimum absolute atomic E-state index is 0.0279. The Kier molecular flexibility index (Phi) is 4.60. The average Bonchev–Trinajstić information content (AvgIpc) is 2.46. The molecular formula is C14H15ClFNO3. The van der Waals surface area contributed by atoms with E-state index in [0.717, 1.165) is 6.07 Å². The van der Waals surface area contributed by atoms with E-state index in [9.17, 15) is 14.0 Å². The number of carbonyl (C=O) groups excluding carboxylic acids is 2. The van der Waals surface area contributed by atoms with Gasteiger partial charge in [0.25, 0.3) is 5.91 Å². The Morgan fingerprint density at radius 3 is 2.85 bits per heavy atom. The number of carbonyl (C=O) groups is 2. The molecule has 4 nitrogen and oxygen atoms in total. The number of nitrogens with zero attached hydrogens (tertiary/aromatic N) is 1. The van der Waals surface area contributed by atoms with Gasteiger partial charge in [0, 0.05) is 18.1 Å². The molecule has 0 bridgehead atoms. The van der Waals surface area contributed by atoms with Crippen LogP contribution in [-0.2, 0) is 9.53 Å². The highest BCUT2D eigenvalue weighted by molar-refractivity contribution is 6.30. The van der Waals surface area contributed by atoms with Gasteiger partial charge in [0.05, 0.1) is 18.6 Å². The van der Waals surface area contributed by atoms with Gasteiger partial charge in [-0.3, -0.25) is 9.59 Å². The normalized spacial score (nSPS) is 18.8. The van der Waals surface area contributed by atoms with E-state index in [-0.39, 0.29) is 29.0 Å². The summed E-state index contributed by atoms with van der Waals surface area (Å²) in [5.41, 5.74) is -0.0279. The molecule has 0 N–H and O–H groups in total. The topological polar surface area (TPSA) is 46.6 Å². The molecule has 0 aromatic heterocycles. The van der Waals surface area contributed by atoms with Gasteiger partial charge in [0.15, 0.2) is 0 Å². The van der Waals surface area contributed by atoms with E-state index in [2.05, 4.69) is 0 Å². The Morgan fingerprint density at radius 1 is 1.45 bits per heavy atom. The first-order valence-corrected chi connectivity index (χ1v) is 6.73. The molecule has 0 spiro atoms. The smallest absolute Gasteiger partial charge is 0.310 e. The maximum absolute atomic E-state index is 13.8. The van der Waals surface area contributed by atoms with Crippen LogP contribution in [-0.4, -0.2) is 37.0 Å². The van der Waals surface area contributed by atoms with Crippen molar-refractivity contribution in [2.75, 3.05) is 20.2 Å². The lowest BCUT2D eigenvalue weighted by Gasteiger charge is -2.31. The molecule has 1 aliphatic heterocycles. The Hall–Kier alpha value is -1.62. The SMILES string of the molecule is COC(=O)[C@H]1CCCN(C(=O)c2ccc(Cl)cc2F)C1. The molecule has 1 aliphatic rings. The van der Waals surface area contributed by atoms with Crippen LogP contribution in [0.25, 0.3) is 0 Å². The second-order valence-electron chi connectivity index (χ2n) is 4.74. The van der Waals surface area contributed by atoms with E-state index in [1.165, 1.54) is 24.1 Å². The van der Waals surface area contributed by atoms with Crippen LogP contribution in [0.4, 0.5) is 4.39 Å². The zero-order chi connectivity index (χ0) is 14.7. The van der Waals surface area contributed by atoms with Crippen molar-refractivity contribution in [1.29, 1.82) is 0 Å². The number of hydrogen-bond acceptors (Lipinski definition) is 3. The number of piperidine rings is 1. The summed E-state index contributed by atoms with van der Waals surface area (Å²) in [4.78, 5) is 25.3. The number of amides is 1. The Bertz CT molecular complexity index is 535. The third-order valence-electron chi connectivity index (χ3n) is 3.40. The van der Waals surface area contributed by atoms with Crippen LogP contribution >= 0.6 is 11.6 Å². The molecule has 1 aromatic carbocycles. The van der Waals surface area contributed by atoms with Crippen molar-refractivity contribution in [1.82, 2.24) is 4.90 Å². The molecule has 108 valence electrons. The van der Waals surface area contributed by atoms with Crippen molar-refractivity contribution in [3.05, 3.63) is 34.6 Å². The average molecular weight is 300 g/mol. The molecule has 1 atom stereocenters. The van der Waals surface area contributed by atoms with Gasteiger partial charge in [-0.15, -0.1) is 0 Å². The first-order valence-electron chi connectivity index (χ1n) is 6.35. The van der Waals surface area contributed by atoms with E-state index < -0.39 is 11.7 Å². The third kappa shape index (κ3) is 3.10. The Morgan fingerprint density at radius 2 is 2.20 bits per heavy atom. The van der Waals surface area contributed by atoms with Crippen LogP contribution in [0, 0.1) is 11.7 Å². The summed E-state index contributed by atoms with van der Waals surface area (Å²) in [6, 6.07) is 3.94. The predicted molar refractivity (Wildman–Crippen MR) is 72.1 cm³/mol. The van der Waals surface area contributed by atoms with Gasteiger partial charge in [0.1, 0.15) is 5.82 Å². The van der Waals surface area contributed by atoms with Crippen molar-refractivity contribution in [3.63, 3.8) is 0 Å². The van der Waals surface area contributed by atoms with Crippen LogP contribution in [0.15, 0.2) is 18.2 Å².